The SMILES string of the molecule is CCOC(=O)Cc1csc(NN=Cc2ccc(-c3ccc4ocnc4c3)cc2)n1. The van der Waals surface area contributed by atoms with Gasteiger partial charge in [0.2, 0.25) is 5.13 Å². The normalized spacial score (nSPS) is 11.2. The van der Waals surface area contributed by atoms with Crippen molar-refractivity contribution in [2.75, 3.05) is 12.0 Å². The van der Waals surface area contributed by atoms with Crippen molar-refractivity contribution < 1.29 is 13.9 Å². The Balaban J connectivity index is 1.37. The highest BCUT2D eigenvalue weighted by Gasteiger charge is 2.08. The molecule has 2 heterocycles. The van der Waals surface area contributed by atoms with Gasteiger partial charge in [-0.3, -0.25) is 10.2 Å². The van der Waals surface area contributed by atoms with Crippen LogP contribution in [0.3, 0.4) is 0 Å². The van der Waals surface area contributed by atoms with Crippen LogP contribution < -0.4 is 5.43 Å². The van der Waals surface area contributed by atoms with Gasteiger partial charge in [-0.25, -0.2) is 9.97 Å². The Morgan fingerprint density at radius 3 is 2.90 bits per heavy atom. The Morgan fingerprint density at radius 1 is 1.24 bits per heavy atom. The van der Waals surface area contributed by atoms with E-state index in [-0.39, 0.29) is 12.4 Å². The average Bonchev–Trinajstić information content (AvgIpc) is 3.37. The van der Waals surface area contributed by atoms with Gasteiger partial charge in [-0.05, 0) is 35.7 Å². The number of ether oxygens (including phenoxy) is 1. The van der Waals surface area contributed by atoms with Crippen molar-refractivity contribution >= 4 is 39.8 Å². The zero-order valence-corrected chi connectivity index (χ0v) is 16.5. The number of oxazole rings is 1. The fourth-order valence-electron chi connectivity index (χ4n) is 2.76. The van der Waals surface area contributed by atoms with E-state index < -0.39 is 0 Å². The van der Waals surface area contributed by atoms with Crippen LogP contribution in [0.2, 0.25) is 0 Å². The summed E-state index contributed by atoms with van der Waals surface area (Å²) in [6.45, 7) is 2.15. The second-order valence-electron chi connectivity index (χ2n) is 6.15. The minimum atomic E-state index is -0.282. The van der Waals surface area contributed by atoms with Gasteiger partial charge < -0.3 is 9.15 Å². The van der Waals surface area contributed by atoms with Gasteiger partial charge in [-0.2, -0.15) is 5.10 Å². The summed E-state index contributed by atoms with van der Waals surface area (Å²) >= 11 is 1.39. The third kappa shape index (κ3) is 4.67. The number of nitrogens with one attached hydrogen (secondary N) is 1. The molecule has 29 heavy (non-hydrogen) atoms. The third-order valence-electron chi connectivity index (χ3n) is 4.13. The lowest BCUT2D eigenvalue weighted by Crippen LogP contribution is -2.07. The molecule has 0 atom stereocenters. The molecule has 7 nitrogen and oxygen atoms in total. The number of nitrogens with zero attached hydrogens (tertiary/aromatic N) is 3. The largest absolute Gasteiger partial charge is 0.466 e. The summed E-state index contributed by atoms with van der Waals surface area (Å²) in [5.74, 6) is -0.282. The van der Waals surface area contributed by atoms with E-state index in [4.69, 9.17) is 9.15 Å². The molecule has 4 rings (SSSR count). The van der Waals surface area contributed by atoms with Crippen LogP contribution >= 0.6 is 11.3 Å². The number of fused-ring (bicyclic) bond motifs is 1. The first kappa shape index (κ1) is 18.8. The summed E-state index contributed by atoms with van der Waals surface area (Å²) in [5, 5.41) is 6.65. The fraction of sp³-hybridized carbons (Fsp3) is 0.143. The zero-order valence-electron chi connectivity index (χ0n) is 15.7. The van der Waals surface area contributed by atoms with Crippen molar-refractivity contribution in [3.63, 3.8) is 0 Å². The first-order valence-electron chi connectivity index (χ1n) is 9.04. The highest BCUT2D eigenvalue weighted by Crippen LogP contribution is 2.24. The van der Waals surface area contributed by atoms with Crippen molar-refractivity contribution in [1.82, 2.24) is 9.97 Å². The van der Waals surface area contributed by atoms with E-state index in [0.717, 1.165) is 27.8 Å². The van der Waals surface area contributed by atoms with E-state index in [1.54, 1.807) is 13.1 Å². The van der Waals surface area contributed by atoms with E-state index in [1.165, 1.54) is 17.7 Å². The minimum absolute atomic E-state index is 0.164. The lowest BCUT2D eigenvalue weighted by molar-refractivity contribution is -0.142. The van der Waals surface area contributed by atoms with Gasteiger partial charge in [0.1, 0.15) is 5.52 Å². The number of esters is 1. The summed E-state index contributed by atoms with van der Waals surface area (Å²) in [6.07, 6.45) is 3.33. The van der Waals surface area contributed by atoms with E-state index in [2.05, 4.69) is 20.5 Å². The van der Waals surface area contributed by atoms with Crippen LogP contribution in [0.15, 0.2) is 63.8 Å². The Hall–Kier alpha value is -3.52. The number of hydrogen-bond acceptors (Lipinski definition) is 8. The van der Waals surface area contributed by atoms with Gasteiger partial charge in [0.25, 0.3) is 0 Å². The number of hydrogen-bond donors (Lipinski definition) is 1. The van der Waals surface area contributed by atoms with Crippen LogP contribution in [0.1, 0.15) is 18.2 Å². The molecule has 0 unspecified atom stereocenters. The van der Waals surface area contributed by atoms with Crippen LogP contribution in [0.25, 0.3) is 22.2 Å². The molecule has 2 aromatic heterocycles. The van der Waals surface area contributed by atoms with E-state index in [0.29, 0.717) is 17.4 Å². The Bertz CT molecular complexity index is 1150. The molecular formula is C21H18N4O3S. The molecule has 0 bridgehead atoms. The number of carbonyl (C=O) groups is 1. The maximum atomic E-state index is 11.5. The van der Waals surface area contributed by atoms with Gasteiger partial charge >= 0.3 is 5.97 Å². The standard InChI is InChI=1S/C21H18N4O3S/c1-2-27-20(26)10-17-12-29-21(24-17)25-23-11-14-3-5-15(6-4-14)16-7-8-19-18(9-16)22-13-28-19/h3-9,11-13H,2,10H2,1H3,(H,24,25). The third-order valence-corrected chi connectivity index (χ3v) is 4.93. The van der Waals surface area contributed by atoms with Crippen LogP contribution in [-0.2, 0) is 16.0 Å². The number of anilines is 1. The molecule has 146 valence electrons. The molecule has 0 aliphatic heterocycles. The molecule has 0 spiro atoms. The molecule has 0 aliphatic rings. The van der Waals surface area contributed by atoms with Crippen LogP contribution in [0.4, 0.5) is 5.13 Å². The number of benzene rings is 2. The van der Waals surface area contributed by atoms with Crippen LogP contribution in [0, 0.1) is 0 Å². The predicted molar refractivity (Wildman–Crippen MR) is 113 cm³/mol. The highest BCUT2D eigenvalue weighted by molar-refractivity contribution is 7.13. The first-order chi connectivity index (χ1) is 14.2. The average molecular weight is 406 g/mol. The molecule has 0 saturated carbocycles. The van der Waals surface area contributed by atoms with E-state index in [1.807, 2.05) is 47.8 Å². The lowest BCUT2D eigenvalue weighted by atomic mass is 10.0. The summed E-state index contributed by atoms with van der Waals surface area (Å²) in [5.41, 5.74) is 8.28. The van der Waals surface area contributed by atoms with Gasteiger partial charge in [0, 0.05) is 5.38 Å². The summed E-state index contributed by atoms with van der Waals surface area (Å²) in [4.78, 5) is 20.0. The number of aromatic nitrogens is 2. The second-order valence-corrected chi connectivity index (χ2v) is 7.01. The molecule has 0 fully saturated rings. The summed E-state index contributed by atoms with van der Waals surface area (Å²) < 4.78 is 10.2. The first-order valence-corrected chi connectivity index (χ1v) is 9.92. The zero-order chi connectivity index (χ0) is 20.1. The predicted octanol–water partition coefficient (Wildman–Crippen LogP) is 4.50. The Labute approximate surface area is 171 Å². The molecular weight excluding hydrogens is 388 g/mol. The van der Waals surface area contributed by atoms with Gasteiger partial charge in [0.15, 0.2) is 12.0 Å². The van der Waals surface area contributed by atoms with Gasteiger partial charge in [0.05, 0.1) is 24.9 Å². The van der Waals surface area contributed by atoms with Gasteiger partial charge in [-0.15, -0.1) is 11.3 Å². The summed E-state index contributed by atoms with van der Waals surface area (Å²) in [6, 6.07) is 14.0. The summed E-state index contributed by atoms with van der Waals surface area (Å²) in [7, 11) is 0. The molecule has 1 N–H and O–H groups in total. The smallest absolute Gasteiger partial charge is 0.311 e. The van der Waals surface area contributed by atoms with Crippen LogP contribution in [0.5, 0.6) is 0 Å². The Morgan fingerprint density at radius 2 is 2.07 bits per heavy atom. The maximum Gasteiger partial charge on any atom is 0.311 e. The molecule has 8 heteroatoms. The molecule has 0 saturated heterocycles. The molecule has 4 aromatic rings. The van der Waals surface area contributed by atoms with Crippen molar-refractivity contribution in [2.24, 2.45) is 5.10 Å². The van der Waals surface area contributed by atoms with E-state index in [9.17, 15) is 4.79 Å². The maximum absolute atomic E-state index is 11.5. The van der Waals surface area contributed by atoms with Crippen molar-refractivity contribution in [1.29, 1.82) is 0 Å². The Kier molecular flexibility index (Phi) is 5.62. The second kappa shape index (κ2) is 8.66. The lowest BCUT2D eigenvalue weighted by Gasteiger charge is -2.02. The molecule has 0 amide bonds. The monoisotopic (exact) mass is 406 g/mol. The van der Waals surface area contributed by atoms with Gasteiger partial charge in [-0.1, -0.05) is 30.3 Å². The van der Waals surface area contributed by atoms with Crippen molar-refractivity contribution in [2.45, 2.75) is 13.3 Å². The van der Waals surface area contributed by atoms with Crippen molar-refractivity contribution in [3.05, 3.63) is 65.5 Å². The fourth-order valence-corrected chi connectivity index (χ4v) is 3.42. The molecule has 0 radical (unpaired) electrons. The topological polar surface area (TPSA) is 89.6 Å². The number of hydrazone groups is 1. The van der Waals surface area contributed by atoms with Crippen molar-refractivity contribution in [3.8, 4) is 11.1 Å². The van der Waals surface area contributed by atoms with Crippen LogP contribution in [-0.4, -0.2) is 28.8 Å². The number of rotatable bonds is 7. The quantitative estimate of drug-likeness (QED) is 0.276. The number of carbonyl (C=O) groups excluding carboxylic acids is 1. The van der Waals surface area contributed by atoms with E-state index >= 15 is 0 Å². The highest BCUT2D eigenvalue weighted by atomic mass is 32.1. The molecule has 2 aromatic carbocycles. The minimum Gasteiger partial charge on any atom is -0.466 e. The number of thiazole rings is 1. The molecule has 0 aliphatic carbocycles.